The lowest BCUT2D eigenvalue weighted by Gasteiger charge is -2.16. The highest BCUT2D eigenvalue weighted by atomic mass is 127. The summed E-state index contributed by atoms with van der Waals surface area (Å²) in [6.45, 7) is 5.19. The maximum absolute atomic E-state index is 13.3. The smallest absolute Gasteiger partial charge is 0.266 e. The summed E-state index contributed by atoms with van der Waals surface area (Å²) in [5.41, 5.74) is 2.51. The van der Waals surface area contributed by atoms with Gasteiger partial charge in [-0.2, -0.15) is 0 Å². The number of aliphatic imine (C=N–C) groups is 1. The number of carbonyl (C=O) groups is 1. The Morgan fingerprint density at radius 1 is 1.00 bits per heavy atom. The zero-order valence-corrected chi connectivity index (χ0v) is 24.5. The zero-order valence-electron chi connectivity index (χ0n) is 21.5. The number of benzene rings is 4. The van der Waals surface area contributed by atoms with Crippen molar-refractivity contribution in [2.24, 2.45) is 4.99 Å². The Balaban J connectivity index is 1.42. The fraction of sp³-hybridized carbons (Fsp3) is 0.161. The summed E-state index contributed by atoms with van der Waals surface area (Å²) in [5, 5.41) is 2.89. The first-order chi connectivity index (χ1) is 19.0. The molecule has 0 atom stereocenters. The largest absolute Gasteiger partial charge is 0.490 e. The Hall–Kier alpha value is -3.37. The number of amides is 1. The summed E-state index contributed by atoms with van der Waals surface area (Å²) in [7, 11) is 0. The van der Waals surface area contributed by atoms with Crippen LogP contribution in [0.3, 0.4) is 0 Å². The SMILES string of the molecule is CCOc1cc(/C=C2/SC(=Nc3ccc(F)cc3)N(CC)C2=O)cc(I)c1OCc1cccc2ccccc12. The molecule has 0 unspecified atom stereocenters. The van der Waals surface area contributed by atoms with Gasteiger partial charge in [-0.3, -0.25) is 9.69 Å². The summed E-state index contributed by atoms with van der Waals surface area (Å²) in [5.74, 6) is 0.852. The van der Waals surface area contributed by atoms with Crippen molar-refractivity contribution in [3.63, 3.8) is 0 Å². The topological polar surface area (TPSA) is 51.1 Å². The van der Waals surface area contributed by atoms with Crippen LogP contribution in [0.1, 0.15) is 25.0 Å². The van der Waals surface area contributed by atoms with Gasteiger partial charge in [-0.1, -0.05) is 42.5 Å². The van der Waals surface area contributed by atoms with Crippen LogP contribution in [0.25, 0.3) is 16.8 Å². The van der Waals surface area contributed by atoms with Crippen molar-refractivity contribution in [2.75, 3.05) is 13.2 Å². The molecule has 1 heterocycles. The van der Waals surface area contributed by atoms with Crippen LogP contribution in [-0.2, 0) is 11.4 Å². The summed E-state index contributed by atoms with van der Waals surface area (Å²) >= 11 is 3.55. The molecule has 1 amide bonds. The quantitative estimate of drug-likeness (QED) is 0.142. The number of rotatable bonds is 8. The van der Waals surface area contributed by atoms with E-state index in [1.807, 2.05) is 50.3 Å². The number of fused-ring (bicyclic) bond motifs is 1. The number of hydrogen-bond acceptors (Lipinski definition) is 5. The van der Waals surface area contributed by atoms with E-state index in [2.05, 4.69) is 51.8 Å². The fourth-order valence-corrected chi connectivity index (χ4v) is 6.13. The molecule has 5 rings (SSSR count). The molecule has 0 aromatic heterocycles. The van der Waals surface area contributed by atoms with Gasteiger partial charge in [0, 0.05) is 6.54 Å². The summed E-state index contributed by atoms with van der Waals surface area (Å²) in [4.78, 5) is 19.9. The van der Waals surface area contributed by atoms with E-state index in [1.165, 1.54) is 29.3 Å². The van der Waals surface area contributed by atoms with Gasteiger partial charge in [-0.15, -0.1) is 0 Å². The van der Waals surface area contributed by atoms with E-state index >= 15 is 0 Å². The molecule has 1 aliphatic rings. The van der Waals surface area contributed by atoms with E-state index in [1.54, 1.807) is 17.0 Å². The molecule has 1 saturated heterocycles. The minimum atomic E-state index is -0.328. The number of ether oxygens (including phenoxy) is 2. The van der Waals surface area contributed by atoms with Crippen molar-refractivity contribution in [1.82, 2.24) is 4.90 Å². The van der Waals surface area contributed by atoms with Gasteiger partial charge >= 0.3 is 0 Å². The zero-order chi connectivity index (χ0) is 27.4. The van der Waals surface area contributed by atoms with Gasteiger partial charge in [0.1, 0.15) is 12.4 Å². The predicted molar refractivity (Wildman–Crippen MR) is 165 cm³/mol. The van der Waals surface area contributed by atoms with Gasteiger partial charge in [-0.05, 0) is 113 Å². The van der Waals surface area contributed by atoms with Crippen LogP contribution in [0.2, 0.25) is 0 Å². The monoisotopic (exact) mass is 652 g/mol. The van der Waals surface area contributed by atoms with Gasteiger partial charge < -0.3 is 9.47 Å². The number of hydrogen-bond donors (Lipinski definition) is 0. The molecular formula is C31H26FIN2O3S. The normalized spacial score (nSPS) is 15.5. The highest BCUT2D eigenvalue weighted by Crippen LogP contribution is 2.38. The summed E-state index contributed by atoms with van der Waals surface area (Å²) in [6, 6.07) is 24.2. The average molecular weight is 653 g/mol. The van der Waals surface area contributed by atoms with Crippen molar-refractivity contribution >= 4 is 68.0 Å². The standard InChI is InChI=1S/C31H26FIN2O3S/c1-3-35-30(36)28(39-31(35)34-24-14-12-23(32)13-15-24)18-20-16-26(33)29(27(17-20)37-4-2)38-19-22-10-7-9-21-8-5-6-11-25(21)22/h5-18H,3-4,19H2,1-2H3/b28-18+,34-31?. The molecule has 4 aromatic rings. The first-order valence-electron chi connectivity index (χ1n) is 12.6. The number of nitrogens with zero attached hydrogens (tertiary/aromatic N) is 2. The molecule has 5 nitrogen and oxygen atoms in total. The third-order valence-corrected chi connectivity index (χ3v) is 7.95. The lowest BCUT2D eigenvalue weighted by Crippen LogP contribution is -2.28. The van der Waals surface area contributed by atoms with E-state index in [0.29, 0.717) is 47.0 Å². The van der Waals surface area contributed by atoms with Crippen molar-refractivity contribution in [3.05, 3.63) is 104 Å². The Bertz CT molecular complexity index is 1580. The molecule has 0 bridgehead atoms. The third-order valence-electron chi connectivity index (χ3n) is 6.14. The number of carbonyl (C=O) groups excluding carboxylic acids is 1. The Labute approximate surface area is 244 Å². The molecular weight excluding hydrogens is 626 g/mol. The van der Waals surface area contributed by atoms with Crippen LogP contribution in [0, 0.1) is 9.39 Å². The van der Waals surface area contributed by atoms with Crippen LogP contribution < -0.4 is 9.47 Å². The molecule has 0 N–H and O–H groups in total. The molecule has 0 radical (unpaired) electrons. The maximum atomic E-state index is 13.3. The van der Waals surface area contributed by atoms with Gasteiger partial charge in [0.05, 0.1) is 20.8 Å². The molecule has 0 spiro atoms. The number of amidine groups is 1. The number of likely N-dealkylation sites (N-methyl/N-ethyl adjacent to an activating group) is 1. The van der Waals surface area contributed by atoms with E-state index < -0.39 is 0 Å². The molecule has 1 aliphatic heterocycles. The number of halogens is 2. The van der Waals surface area contributed by atoms with Crippen molar-refractivity contribution in [2.45, 2.75) is 20.5 Å². The van der Waals surface area contributed by atoms with Gasteiger partial charge in [0.2, 0.25) is 0 Å². The molecule has 198 valence electrons. The molecule has 0 saturated carbocycles. The molecule has 8 heteroatoms. The van der Waals surface area contributed by atoms with Crippen LogP contribution in [0.5, 0.6) is 11.5 Å². The third kappa shape index (κ3) is 6.12. The average Bonchev–Trinajstić information content (AvgIpc) is 3.22. The first-order valence-corrected chi connectivity index (χ1v) is 14.5. The van der Waals surface area contributed by atoms with E-state index in [4.69, 9.17) is 9.47 Å². The summed E-state index contributed by atoms with van der Waals surface area (Å²) in [6.07, 6.45) is 1.85. The molecule has 39 heavy (non-hydrogen) atoms. The van der Waals surface area contributed by atoms with E-state index in [-0.39, 0.29) is 11.7 Å². The highest BCUT2D eigenvalue weighted by molar-refractivity contribution is 14.1. The van der Waals surface area contributed by atoms with E-state index in [9.17, 15) is 9.18 Å². The van der Waals surface area contributed by atoms with Crippen LogP contribution in [-0.4, -0.2) is 29.1 Å². The summed E-state index contributed by atoms with van der Waals surface area (Å²) < 4.78 is 26.5. The van der Waals surface area contributed by atoms with Crippen LogP contribution >= 0.6 is 34.4 Å². The first kappa shape index (κ1) is 27.2. The maximum Gasteiger partial charge on any atom is 0.266 e. The Morgan fingerprint density at radius 3 is 2.54 bits per heavy atom. The lowest BCUT2D eigenvalue weighted by atomic mass is 10.1. The predicted octanol–water partition coefficient (Wildman–Crippen LogP) is 8.19. The van der Waals surface area contributed by atoms with Gasteiger partial charge in [0.15, 0.2) is 16.7 Å². The van der Waals surface area contributed by atoms with Crippen molar-refractivity contribution < 1.29 is 18.7 Å². The second-order valence-corrected chi connectivity index (χ2v) is 10.9. The Morgan fingerprint density at radius 2 is 1.77 bits per heavy atom. The Kier molecular flexibility index (Phi) is 8.52. The van der Waals surface area contributed by atoms with Gasteiger partial charge in [0.25, 0.3) is 5.91 Å². The van der Waals surface area contributed by atoms with Crippen LogP contribution in [0.15, 0.2) is 88.8 Å². The lowest BCUT2D eigenvalue weighted by molar-refractivity contribution is -0.122. The number of thioether (sulfide) groups is 1. The van der Waals surface area contributed by atoms with Crippen LogP contribution in [0.4, 0.5) is 10.1 Å². The second kappa shape index (κ2) is 12.2. The molecule has 0 aliphatic carbocycles. The highest BCUT2D eigenvalue weighted by Gasteiger charge is 2.32. The van der Waals surface area contributed by atoms with Crippen molar-refractivity contribution in [3.8, 4) is 11.5 Å². The molecule has 1 fully saturated rings. The minimum Gasteiger partial charge on any atom is -0.490 e. The fourth-order valence-electron chi connectivity index (χ4n) is 4.29. The van der Waals surface area contributed by atoms with Gasteiger partial charge in [-0.25, -0.2) is 9.38 Å². The van der Waals surface area contributed by atoms with E-state index in [0.717, 1.165) is 20.1 Å². The second-order valence-electron chi connectivity index (χ2n) is 8.72. The molecule has 4 aromatic carbocycles. The minimum absolute atomic E-state index is 0.118. The van der Waals surface area contributed by atoms with Crippen molar-refractivity contribution in [1.29, 1.82) is 0 Å².